The van der Waals surface area contributed by atoms with E-state index in [-0.39, 0.29) is 11.9 Å². The number of methoxy groups -OCH3 is 1. The van der Waals surface area contributed by atoms with Crippen molar-refractivity contribution in [3.63, 3.8) is 0 Å². The van der Waals surface area contributed by atoms with Gasteiger partial charge < -0.3 is 19.3 Å². The van der Waals surface area contributed by atoms with E-state index in [0.717, 1.165) is 6.42 Å². The second-order valence-electron chi connectivity index (χ2n) is 8.58. The predicted molar refractivity (Wildman–Crippen MR) is 140 cm³/mol. The summed E-state index contributed by atoms with van der Waals surface area (Å²) in [5.74, 6) is -0.930. The van der Waals surface area contributed by atoms with Crippen LogP contribution in [0.4, 0.5) is 0 Å². The van der Waals surface area contributed by atoms with Gasteiger partial charge in [0, 0.05) is 18.4 Å². The molecule has 0 spiro atoms. The lowest BCUT2D eigenvalue weighted by Crippen LogP contribution is -2.51. The van der Waals surface area contributed by atoms with Crippen LogP contribution in [0.3, 0.4) is 0 Å². The van der Waals surface area contributed by atoms with Crippen LogP contribution in [-0.4, -0.2) is 40.9 Å². The molecular weight excluding hydrogens is 468 g/mol. The van der Waals surface area contributed by atoms with Crippen LogP contribution >= 0.6 is 0 Å². The topological polar surface area (TPSA) is 90.8 Å². The summed E-state index contributed by atoms with van der Waals surface area (Å²) in [7, 11) is 1.48. The average Bonchev–Trinajstić information content (AvgIpc) is 2.93. The minimum Gasteiger partial charge on any atom is -0.481 e. The van der Waals surface area contributed by atoms with E-state index in [0.29, 0.717) is 29.8 Å². The molecule has 190 valence electrons. The Morgan fingerprint density at radius 3 is 2.00 bits per heavy atom. The van der Waals surface area contributed by atoms with Gasteiger partial charge in [0.15, 0.2) is 5.60 Å². The van der Waals surface area contributed by atoms with E-state index >= 15 is 0 Å². The molecule has 0 saturated heterocycles. The number of carboxylic acid groups (broad SMARTS) is 1. The summed E-state index contributed by atoms with van der Waals surface area (Å²) in [6, 6.07) is 30.2. The molecule has 0 aliphatic heterocycles. The largest absolute Gasteiger partial charge is 0.481 e. The third-order valence-corrected chi connectivity index (χ3v) is 6.02. The van der Waals surface area contributed by atoms with Gasteiger partial charge in [-0.1, -0.05) is 91.0 Å². The SMILES string of the molecule is COc1cc(C)nc(OC(C(=O)O)C(OCCCc2ccccc2)(c2ccccc2)c2ccccc2)n1. The quantitative estimate of drug-likeness (QED) is 0.268. The number of nitrogens with zero attached hydrogens (tertiary/aromatic N) is 2. The van der Waals surface area contributed by atoms with Crippen molar-refractivity contribution >= 4 is 5.97 Å². The molecule has 0 aliphatic carbocycles. The van der Waals surface area contributed by atoms with Crippen LogP contribution in [0.5, 0.6) is 11.9 Å². The zero-order valence-corrected chi connectivity index (χ0v) is 20.9. The summed E-state index contributed by atoms with van der Waals surface area (Å²) in [5.41, 5.74) is 1.58. The maximum absolute atomic E-state index is 12.9. The van der Waals surface area contributed by atoms with E-state index in [1.54, 1.807) is 13.0 Å². The number of hydrogen-bond acceptors (Lipinski definition) is 6. The first-order valence-electron chi connectivity index (χ1n) is 12.1. The molecule has 37 heavy (non-hydrogen) atoms. The van der Waals surface area contributed by atoms with Crippen LogP contribution in [-0.2, 0) is 21.6 Å². The average molecular weight is 499 g/mol. The van der Waals surface area contributed by atoms with Crippen molar-refractivity contribution in [1.29, 1.82) is 0 Å². The Morgan fingerprint density at radius 1 is 0.892 bits per heavy atom. The van der Waals surface area contributed by atoms with Crippen LogP contribution < -0.4 is 9.47 Å². The maximum atomic E-state index is 12.9. The first-order valence-corrected chi connectivity index (χ1v) is 12.1. The van der Waals surface area contributed by atoms with Gasteiger partial charge in [-0.2, -0.15) is 4.98 Å². The number of aromatic nitrogens is 2. The molecule has 0 bridgehead atoms. The van der Waals surface area contributed by atoms with Crippen molar-refractivity contribution in [3.8, 4) is 11.9 Å². The fraction of sp³-hybridized carbons (Fsp3) is 0.233. The zero-order valence-electron chi connectivity index (χ0n) is 20.9. The van der Waals surface area contributed by atoms with Gasteiger partial charge in [0.1, 0.15) is 0 Å². The molecule has 0 radical (unpaired) electrons. The maximum Gasteiger partial charge on any atom is 0.348 e. The van der Waals surface area contributed by atoms with Crippen molar-refractivity contribution in [1.82, 2.24) is 9.97 Å². The lowest BCUT2D eigenvalue weighted by Gasteiger charge is -2.39. The molecule has 1 N–H and O–H groups in total. The summed E-state index contributed by atoms with van der Waals surface area (Å²) in [4.78, 5) is 21.4. The van der Waals surface area contributed by atoms with Crippen molar-refractivity contribution in [2.24, 2.45) is 0 Å². The molecule has 3 aromatic carbocycles. The molecule has 0 aliphatic rings. The van der Waals surface area contributed by atoms with Crippen molar-refractivity contribution in [2.45, 2.75) is 31.5 Å². The number of hydrogen-bond donors (Lipinski definition) is 1. The number of carbonyl (C=O) groups is 1. The molecule has 4 rings (SSSR count). The Kier molecular flexibility index (Phi) is 8.48. The second-order valence-corrected chi connectivity index (χ2v) is 8.58. The number of aliphatic carboxylic acids is 1. The standard InChI is InChI=1S/C30H30N2O5/c1-22-21-26(35-2)32-29(31-22)37-27(28(33)34)30(24-16-8-4-9-17-24,25-18-10-5-11-19-25)36-20-12-15-23-13-6-3-7-14-23/h3-11,13-14,16-19,21,27H,12,15,20H2,1-2H3,(H,33,34). The zero-order chi connectivity index (χ0) is 26.1. The van der Waals surface area contributed by atoms with Gasteiger partial charge in [-0.25, -0.2) is 9.78 Å². The van der Waals surface area contributed by atoms with Crippen LogP contribution in [0.2, 0.25) is 0 Å². The molecule has 1 heterocycles. The fourth-order valence-electron chi connectivity index (χ4n) is 4.32. The van der Waals surface area contributed by atoms with Crippen LogP contribution in [0.1, 0.15) is 28.8 Å². The van der Waals surface area contributed by atoms with E-state index in [1.807, 2.05) is 78.9 Å². The summed E-state index contributed by atoms with van der Waals surface area (Å²) in [6.07, 6.45) is -0.0235. The second kappa shape index (κ2) is 12.1. The Morgan fingerprint density at radius 2 is 1.46 bits per heavy atom. The molecule has 0 amide bonds. The van der Waals surface area contributed by atoms with Gasteiger partial charge in [-0.15, -0.1) is 0 Å². The monoisotopic (exact) mass is 498 g/mol. The number of benzene rings is 3. The van der Waals surface area contributed by atoms with Gasteiger partial charge >= 0.3 is 12.0 Å². The summed E-state index contributed by atoms with van der Waals surface area (Å²) in [6.45, 7) is 2.05. The first-order chi connectivity index (χ1) is 18.0. The van der Waals surface area contributed by atoms with Crippen molar-refractivity contribution in [3.05, 3.63) is 119 Å². The van der Waals surface area contributed by atoms with E-state index in [1.165, 1.54) is 12.7 Å². The van der Waals surface area contributed by atoms with E-state index in [2.05, 4.69) is 22.1 Å². The summed E-state index contributed by atoms with van der Waals surface area (Å²) < 4.78 is 17.9. The fourth-order valence-corrected chi connectivity index (χ4v) is 4.32. The molecule has 7 nitrogen and oxygen atoms in total. The third-order valence-electron chi connectivity index (χ3n) is 6.02. The molecule has 1 unspecified atom stereocenters. The summed E-state index contributed by atoms with van der Waals surface area (Å²) >= 11 is 0. The highest BCUT2D eigenvalue weighted by atomic mass is 16.6. The lowest BCUT2D eigenvalue weighted by molar-refractivity contribution is -0.164. The first kappa shape index (κ1) is 25.9. The molecule has 1 atom stereocenters. The number of carboxylic acids is 1. The van der Waals surface area contributed by atoms with Crippen LogP contribution in [0.25, 0.3) is 0 Å². The minimum absolute atomic E-state index is 0.103. The van der Waals surface area contributed by atoms with Crippen molar-refractivity contribution < 1.29 is 24.1 Å². The highest BCUT2D eigenvalue weighted by molar-refractivity contribution is 5.76. The van der Waals surface area contributed by atoms with E-state index < -0.39 is 17.7 Å². The summed E-state index contributed by atoms with van der Waals surface area (Å²) in [5, 5.41) is 10.5. The molecule has 0 saturated carbocycles. The lowest BCUT2D eigenvalue weighted by atomic mass is 9.81. The van der Waals surface area contributed by atoms with Gasteiger partial charge in [0.05, 0.1) is 7.11 Å². The molecule has 7 heteroatoms. The number of aryl methyl sites for hydroxylation is 2. The van der Waals surface area contributed by atoms with Gasteiger partial charge in [-0.05, 0) is 36.5 Å². The van der Waals surface area contributed by atoms with Gasteiger partial charge in [-0.3, -0.25) is 0 Å². The van der Waals surface area contributed by atoms with E-state index in [4.69, 9.17) is 14.2 Å². The Bertz CT molecular complexity index is 1240. The Labute approximate surface area is 216 Å². The van der Waals surface area contributed by atoms with Crippen LogP contribution in [0.15, 0.2) is 97.1 Å². The van der Waals surface area contributed by atoms with E-state index in [9.17, 15) is 9.90 Å². The van der Waals surface area contributed by atoms with Crippen LogP contribution in [0, 0.1) is 6.92 Å². The number of rotatable bonds is 12. The molecular formula is C30H30N2O5. The van der Waals surface area contributed by atoms with Gasteiger partial charge in [0.25, 0.3) is 0 Å². The number of ether oxygens (including phenoxy) is 3. The normalized spacial score (nSPS) is 12.1. The predicted octanol–water partition coefficient (Wildman–Crippen LogP) is 5.22. The molecule has 0 fully saturated rings. The Hall–Kier alpha value is -4.23. The van der Waals surface area contributed by atoms with Gasteiger partial charge in [0.2, 0.25) is 12.0 Å². The molecule has 4 aromatic rings. The highest BCUT2D eigenvalue weighted by Gasteiger charge is 2.50. The third kappa shape index (κ3) is 6.13. The van der Waals surface area contributed by atoms with Crippen molar-refractivity contribution in [2.75, 3.05) is 13.7 Å². The Balaban J connectivity index is 1.77. The molecule has 1 aromatic heterocycles. The smallest absolute Gasteiger partial charge is 0.348 e. The highest BCUT2D eigenvalue weighted by Crippen LogP contribution is 2.39. The minimum atomic E-state index is -1.50.